The van der Waals surface area contributed by atoms with Gasteiger partial charge < -0.3 is 4.90 Å². The van der Waals surface area contributed by atoms with Crippen LogP contribution in [0.1, 0.15) is 23.2 Å². The zero-order valence-corrected chi connectivity index (χ0v) is 13.0. The van der Waals surface area contributed by atoms with Gasteiger partial charge >= 0.3 is 0 Å². The van der Waals surface area contributed by atoms with Crippen molar-refractivity contribution in [2.45, 2.75) is 17.7 Å². The molecule has 1 heterocycles. The SMILES string of the molecule is O=C(c1cc(S)ccc1Cl)N1CCN(CC2CC2)CC1. The largest absolute Gasteiger partial charge is 0.336 e. The van der Waals surface area contributed by atoms with Crippen LogP contribution in [0.5, 0.6) is 0 Å². The van der Waals surface area contributed by atoms with Crippen LogP contribution in [0.2, 0.25) is 5.02 Å². The first-order valence-corrected chi connectivity index (χ1v) is 7.96. The van der Waals surface area contributed by atoms with Crippen molar-refractivity contribution in [3.63, 3.8) is 0 Å². The second kappa shape index (κ2) is 5.96. The number of amides is 1. The number of benzene rings is 1. The van der Waals surface area contributed by atoms with Crippen LogP contribution in [-0.2, 0) is 0 Å². The minimum Gasteiger partial charge on any atom is -0.336 e. The monoisotopic (exact) mass is 310 g/mol. The summed E-state index contributed by atoms with van der Waals surface area (Å²) in [6.07, 6.45) is 2.76. The summed E-state index contributed by atoms with van der Waals surface area (Å²) in [4.78, 5) is 17.6. The molecule has 0 atom stereocenters. The van der Waals surface area contributed by atoms with Gasteiger partial charge in [-0.15, -0.1) is 12.6 Å². The molecule has 20 heavy (non-hydrogen) atoms. The van der Waals surface area contributed by atoms with E-state index in [1.807, 2.05) is 4.90 Å². The maximum Gasteiger partial charge on any atom is 0.255 e. The molecule has 0 spiro atoms. The predicted molar refractivity (Wildman–Crippen MR) is 83.8 cm³/mol. The molecule has 1 aromatic rings. The van der Waals surface area contributed by atoms with Gasteiger partial charge in [0.1, 0.15) is 0 Å². The molecule has 0 bridgehead atoms. The minimum absolute atomic E-state index is 0.0250. The standard InChI is InChI=1S/C15H19ClN2OS/c16-14-4-3-12(20)9-13(14)15(19)18-7-5-17(6-8-18)10-11-1-2-11/h3-4,9,11,20H,1-2,5-8,10H2. The Labute approximate surface area is 130 Å². The maximum atomic E-state index is 12.5. The van der Waals surface area contributed by atoms with Gasteiger partial charge in [-0.2, -0.15) is 0 Å². The van der Waals surface area contributed by atoms with Crippen molar-refractivity contribution < 1.29 is 4.79 Å². The smallest absolute Gasteiger partial charge is 0.255 e. The number of thiol groups is 1. The fraction of sp³-hybridized carbons (Fsp3) is 0.533. The molecular weight excluding hydrogens is 292 g/mol. The first kappa shape index (κ1) is 14.2. The van der Waals surface area contributed by atoms with Gasteiger partial charge in [0.15, 0.2) is 0 Å². The Morgan fingerprint density at radius 2 is 1.95 bits per heavy atom. The van der Waals surface area contributed by atoms with Gasteiger partial charge in [0.2, 0.25) is 0 Å². The van der Waals surface area contributed by atoms with Crippen LogP contribution in [-0.4, -0.2) is 48.4 Å². The molecule has 2 aliphatic rings. The van der Waals surface area contributed by atoms with Crippen LogP contribution < -0.4 is 0 Å². The Bertz CT molecular complexity index is 511. The van der Waals surface area contributed by atoms with Gasteiger partial charge in [-0.25, -0.2) is 0 Å². The fourth-order valence-corrected chi connectivity index (χ4v) is 3.05. The summed E-state index contributed by atoms with van der Waals surface area (Å²) >= 11 is 10.4. The average molecular weight is 311 g/mol. The highest BCUT2D eigenvalue weighted by Crippen LogP contribution is 2.30. The van der Waals surface area contributed by atoms with Crippen LogP contribution in [0.15, 0.2) is 23.1 Å². The van der Waals surface area contributed by atoms with Crippen molar-refractivity contribution in [1.29, 1.82) is 0 Å². The molecule has 3 nitrogen and oxygen atoms in total. The first-order chi connectivity index (χ1) is 9.63. The van der Waals surface area contributed by atoms with E-state index in [0.717, 1.165) is 37.0 Å². The van der Waals surface area contributed by atoms with Crippen LogP contribution >= 0.6 is 24.2 Å². The van der Waals surface area contributed by atoms with E-state index in [-0.39, 0.29) is 5.91 Å². The Kier molecular flexibility index (Phi) is 4.24. The predicted octanol–water partition coefficient (Wildman–Crippen LogP) is 2.80. The molecule has 1 saturated heterocycles. The molecule has 108 valence electrons. The lowest BCUT2D eigenvalue weighted by Crippen LogP contribution is -2.49. The molecule has 2 fully saturated rings. The normalized spacial score (nSPS) is 20.2. The third kappa shape index (κ3) is 3.30. The molecule has 5 heteroatoms. The number of nitrogens with zero attached hydrogens (tertiary/aromatic N) is 2. The highest BCUT2D eigenvalue weighted by Gasteiger charge is 2.28. The zero-order valence-electron chi connectivity index (χ0n) is 11.4. The van der Waals surface area contributed by atoms with Gasteiger partial charge in [-0.3, -0.25) is 9.69 Å². The van der Waals surface area contributed by atoms with Gasteiger partial charge in [-0.1, -0.05) is 11.6 Å². The van der Waals surface area contributed by atoms with Crippen LogP contribution in [0, 0.1) is 5.92 Å². The molecule has 1 aromatic carbocycles. The van der Waals surface area contributed by atoms with Crippen molar-refractivity contribution in [1.82, 2.24) is 9.80 Å². The van der Waals surface area contributed by atoms with E-state index in [1.165, 1.54) is 19.4 Å². The molecule has 0 N–H and O–H groups in total. The number of carbonyl (C=O) groups excluding carboxylic acids is 1. The van der Waals surface area contributed by atoms with Crippen molar-refractivity contribution in [3.8, 4) is 0 Å². The quantitative estimate of drug-likeness (QED) is 0.868. The number of halogens is 1. The number of hydrogen-bond acceptors (Lipinski definition) is 3. The lowest BCUT2D eigenvalue weighted by Gasteiger charge is -2.35. The summed E-state index contributed by atoms with van der Waals surface area (Å²) < 4.78 is 0. The summed E-state index contributed by atoms with van der Waals surface area (Å²) in [5, 5.41) is 0.508. The summed E-state index contributed by atoms with van der Waals surface area (Å²) in [6, 6.07) is 5.29. The highest BCUT2D eigenvalue weighted by molar-refractivity contribution is 7.80. The Hall–Kier alpha value is -0.710. The number of carbonyl (C=O) groups is 1. The van der Waals surface area contributed by atoms with Crippen LogP contribution in [0.25, 0.3) is 0 Å². The van der Waals surface area contributed by atoms with E-state index in [1.54, 1.807) is 18.2 Å². The second-order valence-electron chi connectivity index (χ2n) is 5.70. The van der Waals surface area contributed by atoms with Crippen molar-refractivity contribution in [2.75, 3.05) is 32.7 Å². The molecule has 1 amide bonds. The van der Waals surface area contributed by atoms with E-state index < -0.39 is 0 Å². The lowest BCUT2D eigenvalue weighted by atomic mass is 10.1. The van der Waals surface area contributed by atoms with Gasteiger partial charge in [-0.05, 0) is 37.0 Å². The van der Waals surface area contributed by atoms with E-state index in [4.69, 9.17) is 11.6 Å². The second-order valence-corrected chi connectivity index (χ2v) is 6.62. The Morgan fingerprint density at radius 3 is 2.60 bits per heavy atom. The average Bonchev–Trinajstić information content (AvgIpc) is 3.26. The molecule has 3 rings (SSSR count). The number of hydrogen-bond donors (Lipinski definition) is 1. The van der Waals surface area contributed by atoms with Crippen LogP contribution in [0.4, 0.5) is 0 Å². The molecule has 1 aliphatic carbocycles. The molecule has 0 unspecified atom stereocenters. The van der Waals surface area contributed by atoms with Crippen molar-refractivity contribution in [3.05, 3.63) is 28.8 Å². The van der Waals surface area contributed by atoms with E-state index in [9.17, 15) is 4.79 Å². The third-order valence-corrected chi connectivity index (χ3v) is 4.66. The molecule has 1 saturated carbocycles. The fourth-order valence-electron chi connectivity index (χ4n) is 2.65. The molecule has 1 aliphatic heterocycles. The minimum atomic E-state index is 0.0250. The van der Waals surface area contributed by atoms with Gasteiger partial charge in [0.25, 0.3) is 5.91 Å². The lowest BCUT2D eigenvalue weighted by molar-refractivity contribution is 0.0632. The van der Waals surface area contributed by atoms with E-state index >= 15 is 0 Å². The Morgan fingerprint density at radius 1 is 1.25 bits per heavy atom. The number of piperazine rings is 1. The van der Waals surface area contributed by atoms with E-state index in [0.29, 0.717) is 10.6 Å². The Balaban J connectivity index is 1.61. The summed E-state index contributed by atoms with van der Waals surface area (Å²) in [5.41, 5.74) is 0.565. The van der Waals surface area contributed by atoms with Crippen molar-refractivity contribution >= 4 is 30.1 Å². The topological polar surface area (TPSA) is 23.6 Å². The molecule has 0 radical (unpaired) electrons. The number of rotatable bonds is 3. The summed E-state index contributed by atoms with van der Waals surface area (Å²) in [7, 11) is 0. The molecule has 0 aromatic heterocycles. The highest BCUT2D eigenvalue weighted by atomic mass is 35.5. The summed E-state index contributed by atoms with van der Waals surface area (Å²) in [6.45, 7) is 4.73. The third-order valence-electron chi connectivity index (χ3n) is 4.05. The summed E-state index contributed by atoms with van der Waals surface area (Å²) in [5.74, 6) is 0.935. The molecular formula is C15H19ClN2OS. The van der Waals surface area contributed by atoms with Crippen molar-refractivity contribution in [2.24, 2.45) is 5.92 Å². The zero-order chi connectivity index (χ0) is 14.1. The van der Waals surface area contributed by atoms with E-state index in [2.05, 4.69) is 17.5 Å². The van der Waals surface area contributed by atoms with Gasteiger partial charge in [0, 0.05) is 37.6 Å². The first-order valence-electron chi connectivity index (χ1n) is 7.13. The maximum absolute atomic E-state index is 12.5. The van der Waals surface area contributed by atoms with Crippen LogP contribution in [0.3, 0.4) is 0 Å². The van der Waals surface area contributed by atoms with Gasteiger partial charge in [0.05, 0.1) is 10.6 Å².